The Hall–Kier alpha value is -0.890. The predicted molar refractivity (Wildman–Crippen MR) is 81.1 cm³/mol. The summed E-state index contributed by atoms with van der Waals surface area (Å²) in [5.74, 6) is 0.448. The van der Waals surface area contributed by atoms with Crippen molar-refractivity contribution in [2.75, 3.05) is 0 Å². The average molecular weight is 278 g/mol. The van der Waals surface area contributed by atoms with E-state index >= 15 is 0 Å². The van der Waals surface area contributed by atoms with Gasteiger partial charge in [-0.15, -0.1) is 0 Å². The van der Waals surface area contributed by atoms with Crippen molar-refractivity contribution in [2.45, 2.75) is 65.4 Å². The van der Waals surface area contributed by atoms with Crippen LogP contribution in [0.1, 0.15) is 64.0 Å². The second kappa shape index (κ2) is 5.48. The summed E-state index contributed by atoms with van der Waals surface area (Å²) in [6.45, 7) is 8.78. The molecule has 20 heavy (non-hydrogen) atoms. The van der Waals surface area contributed by atoms with Crippen molar-refractivity contribution in [1.29, 1.82) is 0 Å². The molecule has 0 aliphatic heterocycles. The molecular formula is C18H27FO. The van der Waals surface area contributed by atoms with E-state index in [1.54, 1.807) is 6.07 Å². The summed E-state index contributed by atoms with van der Waals surface area (Å²) in [4.78, 5) is 0. The van der Waals surface area contributed by atoms with E-state index in [0.717, 1.165) is 36.8 Å². The Balaban J connectivity index is 2.15. The Morgan fingerprint density at radius 3 is 2.40 bits per heavy atom. The van der Waals surface area contributed by atoms with Crippen molar-refractivity contribution >= 4 is 0 Å². The molecule has 0 radical (unpaired) electrons. The Labute approximate surface area is 122 Å². The Bertz CT molecular complexity index is 470. The fourth-order valence-electron chi connectivity index (χ4n) is 3.58. The molecule has 2 heteroatoms. The summed E-state index contributed by atoms with van der Waals surface area (Å²) in [5.41, 5.74) is 1.35. The number of aliphatic hydroxyl groups is 1. The van der Waals surface area contributed by atoms with Crippen molar-refractivity contribution in [3.8, 4) is 0 Å². The fourth-order valence-corrected chi connectivity index (χ4v) is 3.58. The summed E-state index contributed by atoms with van der Waals surface area (Å²) in [6.07, 6.45) is 4.84. The highest BCUT2D eigenvalue weighted by atomic mass is 19.1. The lowest BCUT2D eigenvalue weighted by Gasteiger charge is -2.43. The van der Waals surface area contributed by atoms with E-state index in [2.05, 4.69) is 20.8 Å². The van der Waals surface area contributed by atoms with Crippen LogP contribution < -0.4 is 0 Å². The molecule has 1 aromatic carbocycles. The lowest BCUT2D eigenvalue weighted by Crippen LogP contribution is -2.36. The molecule has 0 unspecified atom stereocenters. The maximum atomic E-state index is 13.2. The zero-order chi connectivity index (χ0) is 15.0. The van der Waals surface area contributed by atoms with E-state index < -0.39 is 5.60 Å². The van der Waals surface area contributed by atoms with Crippen LogP contribution in [-0.4, -0.2) is 5.11 Å². The molecule has 1 aliphatic rings. The molecule has 0 heterocycles. The van der Waals surface area contributed by atoms with Crippen LogP contribution in [0.3, 0.4) is 0 Å². The zero-order valence-electron chi connectivity index (χ0n) is 13.2. The minimum Gasteiger partial charge on any atom is -0.385 e. The molecule has 1 saturated carbocycles. The molecule has 1 aromatic rings. The molecule has 2 rings (SSSR count). The number of halogens is 1. The van der Waals surface area contributed by atoms with Crippen molar-refractivity contribution in [2.24, 2.45) is 11.3 Å². The molecule has 0 saturated heterocycles. The van der Waals surface area contributed by atoms with Crippen LogP contribution in [0.2, 0.25) is 0 Å². The first-order valence-corrected chi connectivity index (χ1v) is 7.77. The minimum atomic E-state index is -0.766. The standard InChI is InChI=1S/C18H27FO/c1-5-17(3,4)14-8-10-18(20,11-9-14)16-7-6-15(19)12-13(16)2/h6-7,12,14,20H,5,8-11H2,1-4H3. The second-order valence-corrected chi connectivity index (χ2v) is 7.11. The Kier molecular flexibility index (Phi) is 4.24. The molecular weight excluding hydrogens is 251 g/mol. The van der Waals surface area contributed by atoms with Gasteiger partial charge < -0.3 is 5.11 Å². The number of hydrogen-bond acceptors (Lipinski definition) is 1. The average Bonchev–Trinajstić information content (AvgIpc) is 2.39. The Morgan fingerprint density at radius 2 is 1.90 bits per heavy atom. The quantitative estimate of drug-likeness (QED) is 0.829. The highest BCUT2D eigenvalue weighted by Gasteiger charge is 2.39. The largest absolute Gasteiger partial charge is 0.385 e. The van der Waals surface area contributed by atoms with Gasteiger partial charge in [-0.25, -0.2) is 4.39 Å². The van der Waals surface area contributed by atoms with Gasteiger partial charge in [0, 0.05) is 0 Å². The van der Waals surface area contributed by atoms with Crippen LogP contribution >= 0.6 is 0 Å². The van der Waals surface area contributed by atoms with Crippen LogP contribution in [0.25, 0.3) is 0 Å². The molecule has 0 atom stereocenters. The molecule has 0 amide bonds. The number of benzene rings is 1. The number of rotatable bonds is 3. The lowest BCUT2D eigenvalue weighted by atomic mass is 9.65. The Morgan fingerprint density at radius 1 is 1.30 bits per heavy atom. The SMILES string of the molecule is CCC(C)(C)C1CCC(O)(c2ccc(F)cc2C)CC1. The minimum absolute atomic E-state index is 0.226. The van der Waals surface area contributed by atoms with Crippen molar-refractivity contribution in [3.05, 3.63) is 35.1 Å². The van der Waals surface area contributed by atoms with E-state index in [9.17, 15) is 9.50 Å². The second-order valence-electron chi connectivity index (χ2n) is 7.11. The zero-order valence-corrected chi connectivity index (χ0v) is 13.2. The molecule has 1 nitrogen and oxygen atoms in total. The van der Waals surface area contributed by atoms with Gasteiger partial charge in [-0.05, 0) is 67.2 Å². The van der Waals surface area contributed by atoms with E-state index in [1.807, 2.05) is 6.92 Å². The summed E-state index contributed by atoms with van der Waals surface area (Å²) >= 11 is 0. The van der Waals surface area contributed by atoms with Gasteiger partial charge in [0.25, 0.3) is 0 Å². The highest BCUT2D eigenvalue weighted by Crippen LogP contribution is 2.47. The highest BCUT2D eigenvalue weighted by molar-refractivity contribution is 5.32. The normalized spacial score (nSPS) is 27.6. The van der Waals surface area contributed by atoms with Gasteiger partial charge in [-0.2, -0.15) is 0 Å². The van der Waals surface area contributed by atoms with Gasteiger partial charge in [0.05, 0.1) is 5.60 Å². The third kappa shape index (κ3) is 2.90. The van der Waals surface area contributed by atoms with Gasteiger partial charge in [0.2, 0.25) is 0 Å². The third-order valence-electron chi connectivity index (χ3n) is 5.52. The van der Waals surface area contributed by atoms with Crippen LogP contribution in [0.4, 0.5) is 4.39 Å². The monoisotopic (exact) mass is 278 g/mol. The number of aryl methyl sites for hydroxylation is 1. The molecule has 112 valence electrons. The fraction of sp³-hybridized carbons (Fsp3) is 0.667. The first kappa shape index (κ1) is 15.5. The summed E-state index contributed by atoms with van der Waals surface area (Å²) in [6, 6.07) is 4.74. The summed E-state index contributed by atoms with van der Waals surface area (Å²) in [7, 11) is 0. The van der Waals surface area contributed by atoms with Crippen LogP contribution in [0.5, 0.6) is 0 Å². The maximum absolute atomic E-state index is 13.2. The van der Waals surface area contributed by atoms with E-state index in [4.69, 9.17) is 0 Å². The predicted octanol–water partition coefficient (Wildman–Crippen LogP) is 4.95. The van der Waals surface area contributed by atoms with Gasteiger partial charge in [0.1, 0.15) is 5.82 Å². The molecule has 0 bridgehead atoms. The maximum Gasteiger partial charge on any atom is 0.123 e. The van der Waals surface area contributed by atoms with Crippen LogP contribution in [0.15, 0.2) is 18.2 Å². The molecule has 1 fully saturated rings. The summed E-state index contributed by atoms with van der Waals surface area (Å²) in [5, 5.41) is 10.9. The molecule has 1 aliphatic carbocycles. The smallest absolute Gasteiger partial charge is 0.123 e. The third-order valence-corrected chi connectivity index (χ3v) is 5.52. The van der Waals surface area contributed by atoms with Crippen molar-refractivity contribution < 1.29 is 9.50 Å². The summed E-state index contributed by atoms with van der Waals surface area (Å²) < 4.78 is 13.2. The van der Waals surface area contributed by atoms with E-state index in [-0.39, 0.29) is 5.82 Å². The molecule has 0 spiro atoms. The topological polar surface area (TPSA) is 20.2 Å². The number of hydrogen-bond donors (Lipinski definition) is 1. The van der Waals surface area contributed by atoms with Gasteiger partial charge in [0.15, 0.2) is 0 Å². The van der Waals surface area contributed by atoms with Gasteiger partial charge in [-0.3, -0.25) is 0 Å². The van der Waals surface area contributed by atoms with Gasteiger partial charge in [-0.1, -0.05) is 33.3 Å². The van der Waals surface area contributed by atoms with Crippen LogP contribution in [-0.2, 0) is 5.60 Å². The van der Waals surface area contributed by atoms with E-state index in [1.165, 1.54) is 18.6 Å². The van der Waals surface area contributed by atoms with Crippen LogP contribution in [0, 0.1) is 24.1 Å². The van der Waals surface area contributed by atoms with E-state index in [0.29, 0.717) is 11.3 Å². The molecule has 0 aromatic heterocycles. The molecule has 1 N–H and O–H groups in total. The lowest BCUT2D eigenvalue weighted by molar-refractivity contribution is -0.0332. The first-order valence-electron chi connectivity index (χ1n) is 7.77. The van der Waals surface area contributed by atoms with Crippen molar-refractivity contribution in [3.63, 3.8) is 0 Å². The van der Waals surface area contributed by atoms with Gasteiger partial charge >= 0.3 is 0 Å². The van der Waals surface area contributed by atoms with Crippen molar-refractivity contribution in [1.82, 2.24) is 0 Å². The first-order chi connectivity index (χ1) is 9.28.